The molecule has 3 aromatic rings. The summed E-state index contributed by atoms with van der Waals surface area (Å²) in [4.78, 5) is 12.7. The molecule has 0 unspecified atom stereocenters. The maximum atomic E-state index is 12.7. The van der Waals surface area contributed by atoms with Crippen molar-refractivity contribution >= 4 is 44.8 Å². The normalized spacial score (nSPS) is 14.3. The predicted octanol–water partition coefficient (Wildman–Crippen LogP) is 4.24. The molecule has 4 rings (SSSR count). The summed E-state index contributed by atoms with van der Waals surface area (Å²) in [6, 6.07) is 10.4. The molecule has 0 saturated carbocycles. The molecule has 1 N–H and O–H groups in total. The number of carbonyl (C=O) groups excluding carboxylic acids is 1. The van der Waals surface area contributed by atoms with E-state index in [0.29, 0.717) is 27.8 Å². The number of rotatable bonds is 5. The van der Waals surface area contributed by atoms with Gasteiger partial charge in [-0.15, -0.1) is 0 Å². The van der Waals surface area contributed by atoms with Gasteiger partial charge < -0.3 is 10.1 Å². The standard InChI is InChI=1S/C21H19Cl2N3O4S/c1-12-4-3-5-18(13(12)2)26-21(15-10-31(28,29)11-17(15)25-26)24-20(27)9-30-19-7-6-14(22)8-16(19)23/h3-8H,9-11H2,1-2H3,(H,24,27). The summed E-state index contributed by atoms with van der Waals surface area (Å²) < 4.78 is 31.3. The van der Waals surface area contributed by atoms with Crippen LogP contribution in [0.5, 0.6) is 5.75 Å². The predicted molar refractivity (Wildman–Crippen MR) is 120 cm³/mol. The van der Waals surface area contributed by atoms with Crippen LogP contribution in [0.25, 0.3) is 5.69 Å². The fourth-order valence-corrected chi connectivity index (χ4v) is 5.37. The minimum absolute atomic E-state index is 0.153. The molecule has 1 aliphatic rings. The average Bonchev–Trinajstić information content (AvgIpc) is 3.16. The monoisotopic (exact) mass is 479 g/mol. The Balaban J connectivity index is 1.64. The number of sulfone groups is 1. The fraction of sp³-hybridized carbons (Fsp3) is 0.238. The lowest BCUT2D eigenvalue weighted by Crippen LogP contribution is -2.23. The van der Waals surface area contributed by atoms with Crippen LogP contribution < -0.4 is 10.1 Å². The van der Waals surface area contributed by atoms with Crippen LogP contribution in [0.3, 0.4) is 0 Å². The van der Waals surface area contributed by atoms with Crippen molar-refractivity contribution in [1.82, 2.24) is 9.78 Å². The van der Waals surface area contributed by atoms with E-state index in [1.165, 1.54) is 6.07 Å². The average molecular weight is 480 g/mol. The van der Waals surface area contributed by atoms with E-state index in [1.807, 2.05) is 32.0 Å². The van der Waals surface area contributed by atoms with Crippen molar-refractivity contribution in [3.8, 4) is 11.4 Å². The second-order valence-corrected chi connectivity index (χ2v) is 10.3. The number of aryl methyl sites for hydroxylation is 1. The van der Waals surface area contributed by atoms with Crippen LogP contribution in [0.15, 0.2) is 36.4 Å². The number of ether oxygens (including phenoxy) is 1. The number of hydrogen-bond acceptors (Lipinski definition) is 5. The minimum atomic E-state index is -3.29. The van der Waals surface area contributed by atoms with Crippen molar-refractivity contribution in [1.29, 1.82) is 0 Å². The Morgan fingerprint density at radius 3 is 2.71 bits per heavy atom. The number of hydrogen-bond donors (Lipinski definition) is 1. The number of halogens is 2. The van der Waals surface area contributed by atoms with Crippen molar-refractivity contribution in [3.63, 3.8) is 0 Å². The lowest BCUT2D eigenvalue weighted by atomic mass is 10.1. The van der Waals surface area contributed by atoms with E-state index in [9.17, 15) is 13.2 Å². The fourth-order valence-electron chi connectivity index (χ4n) is 3.41. The first-order chi connectivity index (χ1) is 14.6. The molecule has 162 valence electrons. The van der Waals surface area contributed by atoms with Gasteiger partial charge in [-0.25, -0.2) is 13.1 Å². The first-order valence-electron chi connectivity index (χ1n) is 9.40. The van der Waals surface area contributed by atoms with Gasteiger partial charge in [0.05, 0.1) is 27.9 Å². The van der Waals surface area contributed by atoms with E-state index in [1.54, 1.807) is 16.8 Å². The molecule has 0 bridgehead atoms. The first-order valence-corrected chi connectivity index (χ1v) is 12.0. The molecule has 1 aromatic heterocycles. The third-order valence-electron chi connectivity index (χ3n) is 5.10. The number of aromatic nitrogens is 2. The highest BCUT2D eigenvalue weighted by atomic mass is 35.5. The topological polar surface area (TPSA) is 90.3 Å². The van der Waals surface area contributed by atoms with Gasteiger partial charge in [-0.1, -0.05) is 35.3 Å². The molecule has 1 amide bonds. The molecule has 10 heteroatoms. The molecular weight excluding hydrogens is 461 g/mol. The summed E-state index contributed by atoms with van der Waals surface area (Å²) in [5.74, 6) is -0.144. The van der Waals surface area contributed by atoms with Crippen LogP contribution in [-0.2, 0) is 26.1 Å². The maximum absolute atomic E-state index is 12.7. The Bertz CT molecular complexity index is 1300. The summed E-state index contributed by atoms with van der Waals surface area (Å²) in [5, 5.41) is 8.02. The van der Waals surface area contributed by atoms with Crippen molar-refractivity contribution < 1.29 is 17.9 Å². The lowest BCUT2D eigenvalue weighted by molar-refractivity contribution is -0.118. The van der Waals surface area contributed by atoms with Gasteiger partial charge in [-0.2, -0.15) is 5.10 Å². The van der Waals surface area contributed by atoms with Gasteiger partial charge >= 0.3 is 0 Å². The molecule has 2 aromatic carbocycles. The zero-order valence-corrected chi connectivity index (χ0v) is 19.1. The van der Waals surface area contributed by atoms with E-state index in [2.05, 4.69) is 10.4 Å². The smallest absolute Gasteiger partial charge is 0.263 e. The summed E-state index contributed by atoms with van der Waals surface area (Å²) in [7, 11) is -3.29. The van der Waals surface area contributed by atoms with Gasteiger partial charge in [0.2, 0.25) is 0 Å². The Morgan fingerprint density at radius 2 is 1.97 bits per heavy atom. The van der Waals surface area contributed by atoms with Crippen molar-refractivity contribution in [2.75, 3.05) is 11.9 Å². The van der Waals surface area contributed by atoms with E-state index in [0.717, 1.165) is 16.8 Å². The second-order valence-electron chi connectivity index (χ2n) is 7.35. The highest BCUT2D eigenvalue weighted by Gasteiger charge is 2.33. The Hall–Kier alpha value is -2.55. The molecular formula is C21H19Cl2N3O4S. The molecule has 1 aliphatic heterocycles. The molecule has 0 fully saturated rings. The van der Waals surface area contributed by atoms with Crippen LogP contribution in [0, 0.1) is 13.8 Å². The van der Waals surface area contributed by atoms with Crippen molar-refractivity contribution in [2.45, 2.75) is 25.4 Å². The Labute approximate surface area is 189 Å². The number of fused-ring (bicyclic) bond motifs is 1. The summed E-state index contributed by atoms with van der Waals surface area (Å²) >= 11 is 12.0. The first kappa shape index (κ1) is 21.7. The van der Waals surface area contributed by atoms with E-state index < -0.39 is 15.7 Å². The van der Waals surface area contributed by atoms with E-state index in [4.69, 9.17) is 27.9 Å². The molecule has 31 heavy (non-hydrogen) atoms. The number of nitrogens with zero attached hydrogens (tertiary/aromatic N) is 2. The third-order valence-corrected chi connectivity index (χ3v) is 7.07. The van der Waals surface area contributed by atoms with Gasteiger partial charge in [-0.05, 0) is 49.2 Å². The molecule has 0 radical (unpaired) electrons. The Morgan fingerprint density at radius 1 is 1.19 bits per heavy atom. The molecule has 0 saturated heterocycles. The number of amides is 1. The maximum Gasteiger partial charge on any atom is 0.263 e. The number of nitrogens with one attached hydrogen (secondary N) is 1. The highest BCUT2D eigenvalue weighted by Crippen LogP contribution is 2.34. The van der Waals surface area contributed by atoms with E-state index >= 15 is 0 Å². The van der Waals surface area contributed by atoms with Crippen LogP contribution in [0.1, 0.15) is 22.4 Å². The van der Waals surface area contributed by atoms with Gasteiger partial charge in [0, 0.05) is 10.6 Å². The third kappa shape index (κ3) is 4.42. The van der Waals surface area contributed by atoms with Crippen LogP contribution in [0.4, 0.5) is 5.82 Å². The van der Waals surface area contributed by atoms with Gasteiger partial charge in [-0.3, -0.25) is 4.79 Å². The van der Waals surface area contributed by atoms with Gasteiger partial charge in [0.15, 0.2) is 16.4 Å². The Kier molecular flexibility index (Phi) is 5.72. The quantitative estimate of drug-likeness (QED) is 0.590. The number of carbonyl (C=O) groups is 1. The molecule has 2 heterocycles. The lowest BCUT2D eigenvalue weighted by Gasteiger charge is -2.14. The second kappa shape index (κ2) is 8.18. The summed E-state index contributed by atoms with van der Waals surface area (Å²) in [6.07, 6.45) is 0. The number of benzene rings is 2. The van der Waals surface area contributed by atoms with Gasteiger partial charge in [0.25, 0.3) is 5.91 Å². The van der Waals surface area contributed by atoms with E-state index in [-0.39, 0.29) is 23.1 Å². The SMILES string of the molecule is Cc1cccc(-n2nc3c(c2NC(=O)COc2ccc(Cl)cc2Cl)CS(=O)(=O)C3)c1C. The van der Waals surface area contributed by atoms with Crippen molar-refractivity contribution in [3.05, 3.63) is 68.8 Å². The molecule has 7 nitrogen and oxygen atoms in total. The van der Waals surface area contributed by atoms with Gasteiger partial charge in [0.1, 0.15) is 11.6 Å². The van der Waals surface area contributed by atoms with Crippen LogP contribution >= 0.6 is 23.2 Å². The summed E-state index contributed by atoms with van der Waals surface area (Å²) in [6.45, 7) is 3.61. The summed E-state index contributed by atoms with van der Waals surface area (Å²) in [5.41, 5.74) is 3.74. The molecule has 0 atom stereocenters. The number of anilines is 1. The van der Waals surface area contributed by atoms with Crippen LogP contribution in [-0.4, -0.2) is 30.7 Å². The zero-order valence-electron chi connectivity index (χ0n) is 16.8. The molecule has 0 spiro atoms. The molecule has 0 aliphatic carbocycles. The highest BCUT2D eigenvalue weighted by molar-refractivity contribution is 7.90. The largest absolute Gasteiger partial charge is 0.482 e. The van der Waals surface area contributed by atoms with Crippen LogP contribution in [0.2, 0.25) is 10.0 Å². The van der Waals surface area contributed by atoms with Crippen molar-refractivity contribution in [2.24, 2.45) is 0 Å². The zero-order chi connectivity index (χ0) is 22.3. The minimum Gasteiger partial charge on any atom is -0.482 e.